The Labute approximate surface area is 118 Å². The third kappa shape index (κ3) is 2.40. The van der Waals surface area contributed by atoms with E-state index in [-0.39, 0.29) is 6.10 Å². The maximum Gasteiger partial charge on any atom is 0.314 e. The molecule has 1 saturated carbocycles. The van der Waals surface area contributed by atoms with Gasteiger partial charge in [0.2, 0.25) is 0 Å². The van der Waals surface area contributed by atoms with Gasteiger partial charge in [0.1, 0.15) is 11.9 Å². The second-order valence-electron chi connectivity index (χ2n) is 5.75. The molecule has 1 heterocycles. The molecular formula is C16H20O4. The van der Waals surface area contributed by atoms with Gasteiger partial charge in [-0.25, -0.2) is 0 Å². The molecule has 4 heteroatoms. The van der Waals surface area contributed by atoms with Crippen molar-refractivity contribution >= 4 is 5.97 Å². The van der Waals surface area contributed by atoms with Crippen LogP contribution in [0.15, 0.2) is 24.3 Å². The second-order valence-corrected chi connectivity index (χ2v) is 5.75. The summed E-state index contributed by atoms with van der Waals surface area (Å²) in [6.45, 7) is 1.28. The van der Waals surface area contributed by atoms with Crippen LogP contribution in [0.5, 0.6) is 5.75 Å². The lowest BCUT2D eigenvalue weighted by Gasteiger charge is -2.34. The minimum absolute atomic E-state index is 0.143. The molecule has 1 aromatic rings. The highest BCUT2D eigenvalue weighted by molar-refractivity contribution is 5.81. The van der Waals surface area contributed by atoms with Crippen molar-refractivity contribution in [2.24, 2.45) is 0 Å². The van der Waals surface area contributed by atoms with Gasteiger partial charge in [-0.1, -0.05) is 31.4 Å². The Bertz CT molecular complexity index is 470. The molecule has 0 bridgehead atoms. The van der Waals surface area contributed by atoms with Crippen molar-refractivity contribution in [1.82, 2.24) is 0 Å². The van der Waals surface area contributed by atoms with Crippen LogP contribution >= 0.6 is 0 Å². The minimum Gasteiger partial charge on any atom is -0.486 e. The van der Waals surface area contributed by atoms with Crippen molar-refractivity contribution in [3.05, 3.63) is 29.8 Å². The van der Waals surface area contributed by atoms with E-state index in [0.717, 1.165) is 43.4 Å². The molecule has 4 nitrogen and oxygen atoms in total. The molecule has 1 aromatic carbocycles. The summed E-state index contributed by atoms with van der Waals surface area (Å²) in [5, 5.41) is 9.66. The third-order valence-electron chi connectivity index (χ3n) is 4.43. The van der Waals surface area contributed by atoms with Crippen LogP contribution in [0.3, 0.4) is 0 Å². The molecule has 108 valence electrons. The molecular weight excluding hydrogens is 256 g/mol. The van der Waals surface area contributed by atoms with E-state index >= 15 is 0 Å². The molecule has 20 heavy (non-hydrogen) atoms. The highest BCUT2D eigenvalue weighted by Gasteiger charge is 2.41. The van der Waals surface area contributed by atoms with Crippen molar-refractivity contribution in [2.45, 2.75) is 43.6 Å². The zero-order valence-electron chi connectivity index (χ0n) is 11.5. The number of carboxylic acids is 1. The molecule has 0 radical (unpaired) electrons. The average Bonchev–Trinajstić information content (AvgIpc) is 2.44. The molecule has 3 rings (SSSR count). The number of hydrogen-bond acceptors (Lipinski definition) is 3. The number of carboxylic acid groups (broad SMARTS) is 1. The number of rotatable bonds is 4. The third-order valence-corrected chi connectivity index (χ3v) is 4.43. The summed E-state index contributed by atoms with van der Waals surface area (Å²) in [5.74, 6) is 0.0941. The second kappa shape index (κ2) is 5.44. The molecule has 2 aliphatic rings. The summed E-state index contributed by atoms with van der Waals surface area (Å²) in [7, 11) is 0. The standard InChI is InChI=1S/C16H20O4/c17-15(18)16(8-2-1-3-9-16)12-4-6-13(7-5-12)20-14-10-19-11-14/h4-7,14H,1-3,8-11H2,(H,17,18). The first kappa shape index (κ1) is 13.4. The molecule has 0 spiro atoms. The summed E-state index contributed by atoms with van der Waals surface area (Å²) < 4.78 is 10.8. The maximum atomic E-state index is 11.7. The zero-order chi connectivity index (χ0) is 14.0. The van der Waals surface area contributed by atoms with Crippen LogP contribution in [0.4, 0.5) is 0 Å². The summed E-state index contributed by atoms with van der Waals surface area (Å²) in [4.78, 5) is 11.7. The lowest BCUT2D eigenvalue weighted by Crippen LogP contribution is -2.39. The highest BCUT2D eigenvalue weighted by atomic mass is 16.6. The molecule has 1 saturated heterocycles. The summed E-state index contributed by atoms with van der Waals surface area (Å²) in [6.07, 6.45) is 4.73. The van der Waals surface area contributed by atoms with E-state index < -0.39 is 11.4 Å². The van der Waals surface area contributed by atoms with Gasteiger partial charge in [0.15, 0.2) is 0 Å². The van der Waals surface area contributed by atoms with Gasteiger partial charge in [-0.05, 0) is 30.5 Å². The van der Waals surface area contributed by atoms with Crippen molar-refractivity contribution in [3.8, 4) is 5.75 Å². The van der Waals surface area contributed by atoms with Gasteiger partial charge in [-0.3, -0.25) is 4.79 Å². The molecule has 0 unspecified atom stereocenters. The Morgan fingerprint density at radius 1 is 1.15 bits per heavy atom. The predicted octanol–water partition coefficient (Wildman–Crippen LogP) is 2.75. The summed E-state index contributed by atoms with van der Waals surface area (Å²) in [5.41, 5.74) is 0.206. The highest BCUT2D eigenvalue weighted by Crippen LogP contribution is 2.40. The smallest absolute Gasteiger partial charge is 0.314 e. The Kier molecular flexibility index (Phi) is 3.66. The largest absolute Gasteiger partial charge is 0.486 e. The van der Waals surface area contributed by atoms with Gasteiger partial charge in [-0.2, -0.15) is 0 Å². The van der Waals surface area contributed by atoms with Crippen molar-refractivity contribution < 1.29 is 19.4 Å². The first-order chi connectivity index (χ1) is 9.71. The number of aliphatic carboxylic acids is 1. The lowest BCUT2D eigenvalue weighted by molar-refractivity contribution is -0.145. The Morgan fingerprint density at radius 3 is 2.30 bits per heavy atom. The minimum atomic E-state index is -0.698. The molecule has 1 aliphatic heterocycles. The fourth-order valence-corrected chi connectivity index (χ4v) is 3.11. The fourth-order valence-electron chi connectivity index (χ4n) is 3.11. The summed E-state index contributed by atoms with van der Waals surface area (Å²) >= 11 is 0. The van der Waals surface area contributed by atoms with Gasteiger partial charge in [-0.15, -0.1) is 0 Å². The molecule has 0 aromatic heterocycles. The summed E-state index contributed by atoms with van der Waals surface area (Å²) in [6, 6.07) is 7.59. The van der Waals surface area contributed by atoms with E-state index in [2.05, 4.69) is 0 Å². The van der Waals surface area contributed by atoms with E-state index in [1.165, 1.54) is 0 Å². The average molecular weight is 276 g/mol. The molecule has 0 atom stereocenters. The maximum absolute atomic E-state index is 11.7. The first-order valence-electron chi connectivity index (χ1n) is 7.29. The van der Waals surface area contributed by atoms with E-state index in [1.54, 1.807) is 0 Å². The fraction of sp³-hybridized carbons (Fsp3) is 0.562. The van der Waals surface area contributed by atoms with Gasteiger partial charge in [0, 0.05) is 0 Å². The molecule has 2 fully saturated rings. The Balaban J connectivity index is 1.78. The van der Waals surface area contributed by atoms with Crippen molar-refractivity contribution in [2.75, 3.05) is 13.2 Å². The monoisotopic (exact) mass is 276 g/mol. The predicted molar refractivity (Wildman–Crippen MR) is 74.1 cm³/mol. The molecule has 0 amide bonds. The quantitative estimate of drug-likeness (QED) is 0.918. The van der Waals surface area contributed by atoms with Crippen LogP contribution in [0.2, 0.25) is 0 Å². The van der Waals surface area contributed by atoms with E-state index in [4.69, 9.17) is 9.47 Å². The first-order valence-corrected chi connectivity index (χ1v) is 7.29. The molecule has 1 aliphatic carbocycles. The van der Waals surface area contributed by atoms with E-state index in [9.17, 15) is 9.90 Å². The van der Waals surface area contributed by atoms with Crippen LogP contribution in [-0.4, -0.2) is 30.4 Å². The zero-order valence-corrected chi connectivity index (χ0v) is 11.5. The Morgan fingerprint density at radius 2 is 1.80 bits per heavy atom. The number of benzene rings is 1. The van der Waals surface area contributed by atoms with Crippen LogP contribution in [0, 0.1) is 0 Å². The topological polar surface area (TPSA) is 55.8 Å². The van der Waals surface area contributed by atoms with Gasteiger partial charge >= 0.3 is 5.97 Å². The van der Waals surface area contributed by atoms with Gasteiger partial charge in [0.05, 0.1) is 18.6 Å². The lowest BCUT2D eigenvalue weighted by atomic mass is 9.69. The SMILES string of the molecule is O=C(O)C1(c2ccc(OC3COC3)cc2)CCCCC1. The van der Waals surface area contributed by atoms with E-state index in [0.29, 0.717) is 13.2 Å². The van der Waals surface area contributed by atoms with Crippen molar-refractivity contribution in [3.63, 3.8) is 0 Å². The van der Waals surface area contributed by atoms with Crippen molar-refractivity contribution in [1.29, 1.82) is 0 Å². The Hall–Kier alpha value is -1.55. The van der Waals surface area contributed by atoms with Gasteiger partial charge < -0.3 is 14.6 Å². The van der Waals surface area contributed by atoms with Crippen LogP contribution in [0.1, 0.15) is 37.7 Å². The van der Waals surface area contributed by atoms with E-state index in [1.807, 2.05) is 24.3 Å². The number of ether oxygens (including phenoxy) is 2. The number of carbonyl (C=O) groups is 1. The molecule has 1 N–H and O–H groups in total. The normalized spacial score (nSPS) is 22.0. The van der Waals surface area contributed by atoms with Crippen LogP contribution in [0.25, 0.3) is 0 Å². The van der Waals surface area contributed by atoms with Gasteiger partial charge in [0.25, 0.3) is 0 Å². The van der Waals surface area contributed by atoms with Crippen LogP contribution < -0.4 is 4.74 Å². The van der Waals surface area contributed by atoms with Crippen LogP contribution in [-0.2, 0) is 14.9 Å². The number of hydrogen-bond donors (Lipinski definition) is 1.